The van der Waals surface area contributed by atoms with Crippen molar-refractivity contribution in [2.24, 2.45) is 5.73 Å². The highest BCUT2D eigenvalue weighted by molar-refractivity contribution is 7.21. The number of anilines is 1. The van der Waals surface area contributed by atoms with Gasteiger partial charge in [-0.15, -0.1) is 11.3 Å². The van der Waals surface area contributed by atoms with Crippen LogP contribution >= 0.6 is 11.3 Å². The summed E-state index contributed by atoms with van der Waals surface area (Å²) in [4.78, 5) is 21.4. The zero-order valence-electron chi connectivity index (χ0n) is 18.4. The van der Waals surface area contributed by atoms with Crippen LogP contribution in [0.4, 0.5) is 5.69 Å². The van der Waals surface area contributed by atoms with Crippen molar-refractivity contribution in [3.63, 3.8) is 0 Å². The lowest BCUT2D eigenvalue weighted by Crippen LogP contribution is -2.36. The van der Waals surface area contributed by atoms with Gasteiger partial charge in [0.05, 0.1) is 22.6 Å². The van der Waals surface area contributed by atoms with E-state index < -0.39 is 17.7 Å². The molecule has 8 nitrogen and oxygen atoms in total. The van der Waals surface area contributed by atoms with Crippen molar-refractivity contribution < 1.29 is 20.1 Å². The van der Waals surface area contributed by atoms with E-state index in [1.807, 2.05) is 25.1 Å². The molecule has 3 aromatic heterocycles. The van der Waals surface area contributed by atoms with E-state index >= 15 is 0 Å². The molecular formula is C24H23BN4O4S. The van der Waals surface area contributed by atoms with E-state index in [4.69, 9.17) is 18.6 Å². The molecule has 0 saturated heterocycles. The predicted octanol–water partition coefficient (Wildman–Crippen LogP) is 2.92. The minimum atomic E-state index is -2.86. The highest BCUT2D eigenvalue weighted by Gasteiger charge is 2.31. The van der Waals surface area contributed by atoms with E-state index in [9.17, 15) is 20.1 Å². The van der Waals surface area contributed by atoms with Crippen molar-refractivity contribution >= 4 is 57.8 Å². The normalized spacial score (nSPS) is 12.7. The van der Waals surface area contributed by atoms with Crippen molar-refractivity contribution in [1.82, 2.24) is 9.97 Å². The van der Waals surface area contributed by atoms with Crippen LogP contribution in [0.25, 0.3) is 38.3 Å². The number of carbonyl (C=O) groups excluding carboxylic acids is 1. The minimum absolute atomic E-state index is 0.0999. The van der Waals surface area contributed by atoms with Crippen LogP contribution in [0.1, 0.15) is 40.4 Å². The average molecular weight is 474 g/mol. The molecule has 4 aromatic rings. The van der Waals surface area contributed by atoms with Crippen molar-refractivity contribution in [3.8, 4) is 11.3 Å². The fourth-order valence-electron chi connectivity index (χ4n) is 3.81. The summed E-state index contributed by atoms with van der Waals surface area (Å²) in [5.41, 5.74) is 5.59. The zero-order chi connectivity index (χ0) is 24.6. The maximum atomic E-state index is 12.1. The molecule has 1 amide bonds. The van der Waals surface area contributed by atoms with Crippen LogP contribution in [0.3, 0.4) is 0 Å². The number of fused-ring (bicyclic) bond motifs is 3. The lowest BCUT2D eigenvalue weighted by Gasteiger charge is -2.25. The lowest BCUT2D eigenvalue weighted by molar-refractivity contribution is -0.163. The van der Waals surface area contributed by atoms with Crippen LogP contribution in [0.2, 0.25) is 0 Å². The second-order valence-electron chi connectivity index (χ2n) is 7.89. The molecule has 0 spiro atoms. The van der Waals surface area contributed by atoms with Gasteiger partial charge in [-0.05, 0) is 42.8 Å². The van der Waals surface area contributed by atoms with Gasteiger partial charge in [-0.3, -0.25) is 9.78 Å². The molecule has 6 N–H and O–H groups in total. The maximum absolute atomic E-state index is 12.1. The number of benzene rings is 1. The topological polar surface area (TPSA) is 142 Å². The van der Waals surface area contributed by atoms with Gasteiger partial charge in [0.15, 0.2) is 7.85 Å². The van der Waals surface area contributed by atoms with E-state index in [1.165, 1.54) is 23.6 Å². The van der Waals surface area contributed by atoms with Gasteiger partial charge >= 0.3 is 0 Å². The van der Waals surface area contributed by atoms with E-state index in [0.29, 0.717) is 39.6 Å². The number of hydrogen-bond donors (Lipinski definition) is 5. The van der Waals surface area contributed by atoms with Crippen molar-refractivity contribution in [2.45, 2.75) is 25.1 Å². The number of nitrogens with one attached hydrogen (secondary N) is 1. The van der Waals surface area contributed by atoms with Gasteiger partial charge in [-0.25, -0.2) is 4.98 Å². The standard InChI is InChI=1S/C24H23BN4O4S/c1-3-9-27-20-19-13-5-6-17(29-16(13)7-8-18(19)34-21(20)23(26)31)14-10-12(4-2)28-11-15(14)22(30)24(25,32)33/h4-8,10-11,22,27,30,32-33H,2-3,9H2,1H3,(H2,26,31). The first-order valence-corrected chi connectivity index (χ1v) is 11.4. The van der Waals surface area contributed by atoms with Crippen molar-refractivity contribution in [3.05, 3.63) is 59.2 Å². The Bertz CT molecular complexity index is 1410. The van der Waals surface area contributed by atoms with Crippen LogP contribution < -0.4 is 11.1 Å². The number of carbonyl (C=O) groups is 1. The van der Waals surface area contributed by atoms with Gasteiger partial charge in [0, 0.05) is 39.3 Å². The Balaban J connectivity index is 1.94. The Hall–Kier alpha value is -3.31. The molecule has 3 heterocycles. The number of aromatic nitrogens is 2. The maximum Gasteiger partial charge on any atom is 0.260 e. The molecule has 0 aliphatic rings. The summed E-state index contributed by atoms with van der Waals surface area (Å²) in [6.45, 7) is 6.42. The molecule has 0 saturated carbocycles. The second-order valence-corrected chi connectivity index (χ2v) is 8.94. The zero-order valence-corrected chi connectivity index (χ0v) is 19.3. The molecule has 2 radical (unpaired) electrons. The van der Waals surface area contributed by atoms with Crippen LogP contribution in [0.15, 0.2) is 43.1 Å². The summed E-state index contributed by atoms with van der Waals surface area (Å²) in [5.74, 6) is -0.497. The molecule has 1 unspecified atom stereocenters. The van der Waals surface area contributed by atoms with Gasteiger partial charge < -0.3 is 26.4 Å². The van der Waals surface area contributed by atoms with Gasteiger partial charge in [0.2, 0.25) is 0 Å². The minimum Gasteiger partial charge on any atom is -0.384 e. The Morgan fingerprint density at radius 2 is 2.12 bits per heavy atom. The number of aliphatic hydroxyl groups excluding tert-OH is 1. The Kier molecular flexibility index (Phi) is 6.42. The molecule has 0 aliphatic carbocycles. The van der Waals surface area contributed by atoms with Gasteiger partial charge in [-0.1, -0.05) is 13.5 Å². The molecule has 0 bridgehead atoms. The predicted molar refractivity (Wildman–Crippen MR) is 136 cm³/mol. The molecule has 0 aliphatic heterocycles. The molecule has 172 valence electrons. The third-order valence-electron chi connectivity index (χ3n) is 5.44. The highest BCUT2D eigenvalue weighted by atomic mass is 32.1. The number of amides is 1. The van der Waals surface area contributed by atoms with E-state index in [1.54, 1.807) is 12.1 Å². The number of pyridine rings is 2. The van der Waals surface area contributed by atoms with Crippen LogP contribution in [0, 0.1) is 0 Å². The molecule has 4 rings (SSSR count). The van der Waals surface area contributed by atoms with E-state index in [2.05, 4.69) is 16.9 Å². The van der Waals surface area contributed by atoms with Crippen molar-refractivity contribution in [1.29, 1.82) is 0 Å². The molecule has 1 atom stereocenters. The summed E-state index contributed by atoms with van der Waals surface area (Å²) in [6.07, 6.45) is 1.89. The molecular weight excluding hydrogens is 451 g/mol. The Labute approximate surface area is 201 Å². The number of hydrogen-bond acceptors (Lipinski definition) is 8. The van der Waals surface area contributed by atoms with Crippen LogP contribution in [0.5, 0.6) is 0 Å². The smallest absolute Gasteiger partial charge is 0.260 e. The summed E-state index contributed by atoms with van der Waals surface area (Å²) in [6, 6.07) is 8.97. The largest absolute Gasteiger partial charge is 0.384 e. The van der Waals surface area contributed by atoms with Gasteiger partial charge in [-0.2, -0.15) is 0 Å². The number of nitrogens with two attached hydrogens (primary N) is 1. The first kappa shape index (κ1) is 23.8. The fraction of sp³-hybridized carbons (Fsp3) is 0.208. The highest BCUT2D eigenvalue weighted by Crippen LogP contribution is 2.41. The number of rotatable bonds is 8. The summed E-state index contributed by atoms with van der Waals surface area (Å²) >= 11 is 1.33. The number of nitrogens with zero attached hydrogens (tertiary/aromatic N) is 2. The Morgan fingerprint density at radius 1 is 1.35 bits per heavy atom. The van der Waals surface area contributed by atoms with E-state index in [0.717, 1.165) is 21.9 Å². The first-order chi connectivity index (χ1) is 16.2. The summed E-state index contributed by atoms with van der Waals surface area (Å²) in [5, 5.41) is 34.9. The Morgan fingerprint density at radius 3 is 2.76 bits per heavy atom. The van der Waals surface area contributed by atoms with E-state index in [-0.39, 0.29) is 5.56 Å². The van der Waals surface area contributed by atoms with Crippen LogP contribution in [-0.4, -0.2) is 51.3 Å². The molecule has 0 fully saturated rings. The number of aliphatic hydroxyl groups is 3. The lowest BCUT2D eigenvalue weighted by atomic mass is 9.84. The van der Waals surface area contributed by atoms with Crippen molar-refractivity contribution in [2.75, 3.05) is 11.9 Å². The number of primary amides is 1. The quantitative estimate of drug-likeness (QED) is 0.195. The molecule has 34 heavy (non-hydrogen) atoms. The molecule has 1 aromatic carbocycles. The van der Waals surface area contributed by atoms with Gasteiger partial charge in [0.1, 0.15) is 16.7 Å². The number of thiophene rings is 1. The molecule has 10 heteroatoms. The van der Waals surface area contributed by atoms with Gasteiger partial charge in [0.25, 0.3) is 5.91 Å². The SMILES string of the molecule is [B]C(O)(O)C(O)c1cnc(C=C)cc1-c1ccc2c(ccc3sc(C(N)=O)c(NCCC)c32)n1. The summed E-state index contributed by atoms with van der Waals surface area (Å²) in [7, 11) is 5.31. The average Bonchev–Trinajstić information content (AvgIpc) is 3.20. The fourth-order valence-corrected chi connectivity index (χ4v) is 4.85. The first-order valence-electron chi connectivity index (χ1n) is 10.6. The third kappa shape index (κ3) is 4.28. The third-order valence-corrected chi connectivity index (χ3v) is 6.61. The monoisotopic (exact) mass is 474 g/mol. The van der Waals surface area contributed by atoms with Crippen LogP contribution in [-0.2, 0) is 0 Å². The summed E-state index contributed by atoms with van der Waals surface area (Å²) < 4.78 is 0.900. The second kappa shape index (κ2) is 9.15.